The third-order valence-corrected chi connectivity index (χ3v) is 5.79. The number of aliphatic carboxylic acids is 1. The van der Waals surface area contributed by atoms with Crippen molar-refractivity contribution >= 4 is 28.6 Å². The second-order valence-electron chi connectivity index (χ2n) is 7.73. The van der Waals surface area contributed by atoms with Gasteiger partial charge in [-0.3, -0.25) is 14.6 Å². The van der Waals surface area contributed by atoms with Crippen LogP contribution in [-0.2, 0) is 9.59 Å². The summed E-state index contributed by atoms with van der Waals surface area (Å²) in [5.74, 6) is -1.77. The van der Waals surface area contributed by atoms with Crippen LogP contribution in [0.2, 0.25) is 0 Å². The Balaban J connectivity index is 1.64. The molecule has 4 rings (SSSR count). The van der Waals surface area contributed by atoms with Gasteiger partial charge in [0, 0.05) is 17.6 Å². The molecule has 7 nitrogen and oxygen atoms in total. The Morgan fingerprint density at radius 3 is 2.79 bits per heavy atom. The number of fused-ring (bicyclic) bond motifs is 2. The topological polar surface area (TPSA) is 99.6 Å². The minimum absolute atomic E-state index is 0.143. The molecule has 3 heterocycles. The molecule has 1 aromatic heterocycles. The van der Waals surface area contributed by atoms with Crippen LogP contribution < -0.4 is 5.32 Å². The van der Waals surface area contributed by atoms with Gasteiger partial charge in [-0.1, -0.05) is 35.9 Å². The molecule has 0 spiro atoms. The van der Waals surface area contributed by atoms with Gasteiger partial charge in [0.05, 0.1) is 0 Å². The molecule has 0 radical (unpaired) electrons. The number of hydrogen-bond donors (Lipinski definition) is 2. The molecule has 150 valence electrons. The fourth-order valence-electron chi connectivity index (χ4n) is 4.36. The molecule has 2 aromatic rings. The lowest BCUT2D eigenvalue weighted by molar-refractivity contribution is -0.150. The lowest BCUT2D eigenvalue weighted by atomic mass is 9.99. The lowest BCUT2D eigenvalue weighted by Gasteiger charge is -2.33. The maximum absolute atomic E-state index is 13.2. The van der Waals surface area contributed by atoms with Gasteiger partial charge < -0.3 is 15.3 Å². The molecule has 3 atom stereocenters. The predicted molar refractivity (Wildman–Crippen MR) is 107 cm³/mol. The van der Waals surface area contributed by atoms with Crippen LogP contribution in [0.1, 0.15) is 43.1 Å². The number of nitrogens with one attached hydrogen (secondary N) is 1. The fraction of sp³-hybridized carbons (Fsp3) is 0.364. The van der Waals surface area contributed by atoms with Crippen molar-refractivity contribution in [3.63, 3.8) is 0 Å². The lowest BCUT2D eigenvalue weighted by Crippen LogP contribution is -2.54. The second kappa shape index (κ2) is 7.66. The van der Waals surface area contributed by atoms with Gasteiger partial charge in [-0.2, -0.15) is 0 Å². The highest BCUT2D eigenvalue weighted by molar-refractivity contribution is 6.06. The van der Waals surface area contributed by atoms with Crippen molar-refractivity contribution in [1.82, 2.24) is 15.2 Å². The van der Waals surface area contributed by atoms with Crippen molar-refractivity contribution in [3.8, 4) is 0 Å². The van der Waals surface area contributed by atoms with E-state index >= 15 is 0 Å². The van der Waals surface area contributed by atoms with Crippen LogP contribution in [0.3, 0.4) is 0 Å². The monoisotopic (exact) mass is 393 g/mol. The van der Waals surface area contributed by atoms with Crippen LogP contribution in [0.25, 0.3) is 10.8 Å². The number of pyridine rings is 1. The van der Waals surface area contributed by atoms with E-state index in [4.69, 9.17) is 0 Å². The van der Waals surface area contributed by atoms with Crippen molar-refractivity contribution in [2.24, 2.45) is 0 Å². The molecule has 0 bridgehead atoms. The first-order valence-corrected chi connectivity index (χ1v) is 9.81. The summed E-state index contributed by atoms with van der Waals surface area (Å²) in [6.45, 7) is 1.98. The molecule has 0 saturated carbocycles. The van der Waals surface area contributed by atoms with Crippen LogP contribution in [0, 0.1) is 0 Å². The highest BCUT2D eigenvalue weighted by Crippen LogP contribution is 2.31. The van der Waals surface area contributed by atoms with Gasteiger partial charge in [-0.25, -0.2) is 4.79 Å². The Morgan fingerprint density at radius 1 is 1.21 bits per heavy atom. The Hall–Kier alpha value is -3.22. The molecule has 29 heavy (non-hydrogen) atoms. The Kier molecular flexibility index (Phi) is 5.05. The van der Waals surface area contributed by atoms with Crippen molar-refractivity contribution in [3.05, 3.63) is 53.9 Å². The second-order valence-corrected chi connectivity index (χ2v) is 7.73. The number of carboxylic acid groups (broad SMARTS) is 1. The molecular weight excluding hydrogens is 370 g/mol. The highest BCUT2D eigenvalue weighted by Gasteiger charge is 2.44. The molecule has 0 unspecified atom stereocenters. The smallest absolute Gasteiger partial charge is 0.326 e. The van der Waals surface area contributed by atoms with Crippen LogP contribution >= 0.6 is 0 Å². The van der Waals surface area contributed by atoms with Gasteiger partial charge in [0.2, 0.25) is 5.91 Å². The first-order valence-electron chi connectivity index (χ1n) is 9.81. The summed E-state index contributed by atoms with van der Waals surface area (Å²) >= 11 is 0. The van der Waals surface area contributed by atoms with E-state index in [0.29, 0.717) is 31.1 Å². The quantitative estimate of drug-likeness (QED) is 0.781. The third kappa shape index (κ3) is 3.60. The molecule has 2 aliphatic rings. The molecule has 7 heteroatoms. The zero-order valence-electron chi connectivity index (χ0n) is 16.2. The zero-order chi connectivity index (χ0) is 20.5. The van der Waals surface area contributed by atoms with E-state index in [1.807, 2.05) is 43.3 Å². The summed E-state index contributed by atoms with van der Waals surface area (Å²) in [7, 11) is 0. The molecule has 1 saturated heterocycles. The summed E-state index contributed by atoms with van der Waals surface area (Å²) in [5, 5.41) is 14.0. The number of hydrogen-bond acceptors (Lipinski definition) is 4. The maximum Gasteiger partial charge on any atom is 0.326 e. The number of carbonyl (C=O) groups is 3. The van der Waals surface area contributed by atoms with Crippen molar-refractivity contribution in [2.45, 2.75) is 50.7 Å². The number of aromatic nitrogens is 1. The SMILES string of the molecule is CC1=CC[C@H](NC(=O)c2nccc3ccccc23)C(=O)N2[C@@H](CC[C@H]2C(=O)O)C1. The van der Waals surface area contributed by atoms with Crippen molar-refractivity contribution in [2.75, 3.05) is 0 Å². The summed E-state index contributed by atoms with van der Waals surface area (Å²) in [6, 6.07) is 7.46. The highest BCUT2D eigenvalue weighted by atomic mass is 16.4. The van der Waals surface area contributed by atoms with Crippen LogP contribution in [0.15, 0.2) is 48.2 Å². The van der Waals surface area contributed by atoms with Crippen molar-refractivity contribution in [1.29, 1.82) is 0 Å². The first kappa shape index (κ1) is 19.1. The van der Waals surface area contributed by atoms with E-state index in [1.54, 1.807) is 6.20 Å². The number of benzene rings is 1. The molecule has 2 aliphatic heterocycles. The van der Waals surface area contributed by atoms with Gasteiger partial charge in [-0.05, 0) is 44.1 Å². The van der Waals surface area contributed by atoms with E-state index < -0.39 is 24.0 Å². The molecule has 1 fully saturated rings. The zero-order valence-corrected chi connectivity index (χ0v) is 16.2. The van der Waals surface area contributed by atoms with Crippen LogP contribution in [-0.4, -0.2) is 50.9 Å². The van der Waals surface area contributed by atoms with E-state index in [2.05, 4.69) is 10.3 Å². The number of amides is 2. The van der Waals surface area contributed by atoms with E-state index in [0.717, 1.165) is 11.0 Å². The number of nitrogens with zero attached hydrogens (tertiary/aromatic N) is 2. The molecular formula is C22H23N3O4. The molecule has 2 amide bonds. The van der Waals surface area contributed by atoms with E-state index in [9.17, 15) is 19.5 Å². The van der Waals surface area contributed by atoms with Crippen LogP contribution in [0.4, 0.5) is 0 Å². The van der Waals surface area contributed by atoms with Gasteiger partial charge in [0.15, 0.2) is 0 Å². The normalized spacial score (nSPS) is 24.4. The van der Waals surface area contributed by atoms with Gasteiger partial charge in [-0.15, -0.1) is 0 Å². The number of carbonyl (C=O) groups excluding carboxylic acids is 2. The number of carboxylic acids is 1. The summed E-state index contributed by atoms with van der Waals surface area (Å²) in [6.07, 6.45) is 5.62. The predicted octanol–water partition coefficient (Wildman–Crippen LogP) is 2.52. The maximum atomic E-state index is 13.2. The Labute approximate surface area is 168 Å². The molecule has 2 N–H and O–H groups in total. The minimum Gasteiger partial charge on any atom is -0.480 e. The van der Waals surface area contributed by atoms with Crippen LogP contribution in [0.5, 0.6) is 0 Å². The largest absolute Gasteiger partial charge is 0.480 e. The van der Waals surface area contributed by atoms with E-state index in [1.165, 1.54) is 4.90 Å². The van der Waals surface area contributed by atoms with E-state index in [-0.39, 0.29) is 17.6 Å². The fourth-order valence-corrected chi connectivity index (χ4v) is 4.36. The van der Waals surface area contributed by atoms with Crippen molar-refractivity contribution < 1.29 is 19.5 Å². The average molecular weight is 393 g/mol. The summed E-state index contributed by atoms with van der Waals surface area (Å²) in [4.78, 5) is 43.6. The standard InChI is InChI=1S/C22H23N3O4/c1-13-6-8-17(21(27)25-15(12-13)7-9-18(25)22(28)29)24-20(26)19-16-5-3-2-4-14(16)10-11-23-19/h2-6,10-11,15,17-18H,7-9,12H2,1H3,(H,24,26)(H,28,29)/t15-,17-,18-/m0/s1. The summed E-state index contributed by atoms with van der Waals surface area (Å²) < 4.78 is 0. The molecule has 0 aliphatic carbocycles. The number of rotatable bonds is 3. The molecule has 1 aromatic carbocycles. The minimum atomic E-state index is -0.996. The third-order valence-electron chi connectivity index (χ3n) is 5.79. The Morgan fingerprint density at radius 2 is 2.00 bits per heavy atom. The average Bonchev–Trinajstić information content (AvgIpc) is 3.12. The van der Waals surface area contributed by atoms with Gasteiger partial charge in [0.25, 0.3) is 5.91 Å². The Bertz CT molecular complexity index is 1010. The van der Waals surface area contributed by atoms with Gasteiger partial charge >= 0.3 is 5.97 Å². The van der Waals surface area contributed by atoms with Gasteiger partial charge in [0.1, 0.15) is 17.8 Å². The first-order chi connectivity index (χ1) is 14.0. The summed E-state index contributed by atoms with van der Waals surface area (Å²) in [5.41, 5.74) is 1.35.